The molecule has 2 nitrogen and oxygen atoms in total. The number of ether oxygens (including phenoxy) is 1. The van der Waals surface area contributed by atoms with Gasteiger partial charge in [-0.05, 0) is 13.0 Å². The van der Waals surface area contributed by atoms with Crippen LogP contribution in [0.4, 0.5) is 0 Å². The SMILES string of the molecule is CC#CCc1ccccc(=O)c1OC. The first-order valence-corrected chi connectivity index (χ1v) is 4.35. The van der Waals surface area contributed by atoms with Crippen molar-refractivity contribution in [1.29, 1.82) is 0 Å². The zero-order valence-electron chi connectivity index (χ0n) is 8.33. The van der Waals surface area contributed by atoms with Crippen molar-refractivity contribution < 1.29 is 4.74 Å². The van der Waals surface area contributed by atoms with Crippen LogP contribution in [0.3, 0.4) is 0 Å². The summed E-state index contributed by atoms with van der Waals surface area (Å²) >= 11 is 0. The van der Waals surface area contributed by atoms with Crippen LogP contribution >= 0.6 is 0 Å². The van der Waals surface area contributed by atoms with Crippen molar-refractivity contribution >= 4 is 0 Å². The van der Waals surface area contributed by atoms with E-state index in [0.717, 1.165) is 5.56 Å². The van der Waals surface area contributed by atoms with Crippen LogP contribution in [0, 0.1) is 11.8 Å². The first kappa shape index (κ1) is 10.3. The van der Waals surface area contributed by atoms with Crippen molar-refractivity contribution in [2.24, 2.45) is 0 Å². The molecule has 0 amide bonds. The second-order valence-corrected chi connectivity index (χ2v) is 2.74. The van der Waals surface area contributed by atoms with Crippen LogP contribution in [0.15, 0.2) is 29.1 Å². The summed E-state index contributed by atoms with van der Waals surface area (Å²) in [5.41, 5.74) is 0.724. The molecule has 72 valence electrons. The molecule has 1 aromatic carbocycles. The van der Waals surface area contributed by atoms with E-state index < -0.39 is 0 Å². The van der Waals surface area contributed by atoms with Gasteiger partial charge in [-0.15, -0.1) is 5.92 Å². The molecule has 2 heteroatoms. The van der Waals surface area contributed by atoms with Gasteiger partial charge in [-0.25, -0.2) is 0 Å². The Kier molecular flexibility index (Phi) is 3.75. The van der Waals surface area contributed by atoms with E-state index >= 15 is 0 Å². The fraction of sp³-hybridized carbons (Fsp3) is 0.250. The van der Waals surface area contributed by atoms with Crippen molar-refractivity contribution in [1.82, 2.24) is 0 Å². The summed E-state index contributed by atoms with van der Waals surface area (Å²) in [6, 6.07) is 6.86. The maximum Gasteiger partial charge on any atom is 0.220 e. The molecule has 0 heterocycles. The van der Waals surface area contributed by atoms with E-state index in [2.05, 4.69) is 11.8 Å². The second-order valence-electron chi connectivity index (χ2n) is 2.74. The number of hydrogen-bond donors (Lipinski definition) is 0. The smallest absolute Gasteiger partial charge is 0.220 e. The van der Waals surface area contributed by atoms with E-state index in [9.17, 15) is 4.79 Å². The average molecular weight is 188 g/mol. The van der Waals surface area contributed by atoms with Gasteiger partial charge in [0.1, 0.15) is 0 Å². The summed E-state index contributed by atoms with van der Waals surface area (Å²) in [7, 11) is 1.50. The lowest BCUT2D eigenvalue weighted by Gasteiger charge is -1.99. The highest BCUT2D eigenvalue weighted by Crippen LogP contribution is 2.11. The van der Waals surface area contributed by atoms with Crippen molar-refractivity contribution in [3.05, 3.63) is 40.1 Å². The summed E-state index contributed by atoms with van der Waals surface area (Å²) in [4.78, 5) is 11.5. The largest absolute Gasteiger partial charge is 0.492 e. The maximum absolute atomic E-state index is 11.5. The molecule has 0 atom stereocenters. The first-order chi connectivity index (χ1) is 6.79. The molecule has 0 saturated heterocycles. The Balaban J connectivity index is 3.26. The Labute approximate surface area is 83.5 Å². The lowest BCUT2D eigenvalue weighted by molar-refractivity contribution is 0.407. The molecule has 0 bridgehead atoms. The molecule has 0 aliphatic carbocycles. The molecule has 0 N–H and O–H groups in total. The average Bonchev–Trinajstić information content (AvgIpc) is 2.36. The normalized spacial score (nSPS) is 8.71. The van der Waals surface area contributed by atoms with Crippen molar-refractivity contribution in [3.8, 4) is 17.6 Å². The van der Waals surface area contributed by atoms with Crippen LogP contribution in [-0.4, -0.2) is 7.11 Å². The molecule has 0 unspecified atom stereocenters. The monoisotopic (exact) mass is 188 g/mol. The molecule has 0 aromatic heterocycles. The Hall–Kier alpha value is -1.75. The Morgan fingerprint density at radius 3 is 2.71 bits per heavy atom. The fourth-order valence-corrected chi connectivity index (χ4v) is 1.18. The van der Waals surface area contributed by atoms with Crippen LogP contribution in [-0.2, 0) is 6.42 Å². The molecule has 0 fully saturated rings. The summed E-state index contributed by atoms with van der Waals surface area (Å²) < 4.78 is 5.05. The molecule has 0 spiro atoms. The molecule has 0 saturated carbocycles. The van der Waals surface area contributed by atoms with Gasteiger partial charge in [0.15, 0.2) is 5.75 Å². The minimum Gasteiger partial charge on any atom is -0.492 e. The predicted molar refractivity (Wildman–Crippen MR) is 56.4 cm³/mol. The standard InChI is InChI=1S/C12H12O2/c1-3-4-7-10-8-5-6-9-11(13)12(10)14-2/h5-6,8-9H,7H2,1-2H3. The Morgan fingerprint density at radius 1 is 1.36 bits per heavy atom. The lowest BCUT2D eigenvalue weighted by atomic mass is 10.2. The quantitative estimate of drug-likeness (QED) is 0.659. The molecule has 14 heavy (non-hydrogen) atoms. The topological polar surface area (TPSA) is 26.3 Å². The predicted octanol–water partition coefficient (Wildman–Crippen LogP) is 1.62. The van der Waals surface area contributed by atoms with E-state index in [0.29, 0.717) is 12.2 Å². The molecular formula is C12H12O2. The zero-order valence-corrected chi connectivity index (χ0v) is 8.33. The number of methoxy groups -OCH3 is 1. The van der Waals surface area contributed by atoms with Gasteiger partial charge >= 0.3 is 0 Å². The third kappa shape index (κ3) is 2.37. The van der Waals surface area contributed by atoms with E-state index in [1.54, 1.807) is 13.0 Å². The Morgan fingerprint density at radius 2 is 2.07 bits per heavy atom. The van der Waals surface area contributed by atoms with Gasteiger partial charge in [0.25, 0.3) is 0 Å². The van der Waals surface area contributed by atoms with Crippen LogP contribution in [0.5, 0.6) is 5.75 Å². The molecule has 0 radical (unpaired) electrons. The van der Waals surface area contributed by atoms with Crippen LogP contribution in [0.25, 0.3) is 0 Å². The summed E-state index contributed by atoms with van der Waals surface area (Å²) in [6.45, 7) is 1.77. The van der Waals surface area contributed by atoms with Gasteiger partial charge in [-0.2, -0.15) is 0 Å². The highest BCUT2D eigenvalue weighted by Gasteiger charge is 2.02. The van der Waals surface area contributed by atoms with Crippen molar-refractivity contribution in [3.63, 3.8) is 0 Å². The Bertz CT molecular complexity index is 424. The van der Waals surface area contributed by atoms with Crippen LogP contribution in [0.2, 0.25) is 0 Å². The highest BCUT2D eigenvalue weighted by molar-refractivity contribution is 5.34. The molecule has 1 rings (SSSR count). The van der Waals surface area contributed by atoms with Gasteiger partial charge in [0.2, 0.25) is 5.43 Å². The fourth-order valence-electron chi connectivity index (χ4n) is 1.18. The number of hydrogen-bond acceptors (Lipinski definition) is 2. The number of rotatable bonds is 2. The van der Waals surface area contributed by atoms with E-state index in [1.807, 2.05) is 12.1 Å². The lowest BCUT2D eigenvalue weighted by Crippen LogP contribution is -2.03. The van der Waals surface area contributed by atoms with Gasteiger partial charge < -0.3 is 4.74 Å². The highest BCUT2D eigenvalue weighted by atomic mass is 16.5. The van der Waals surface area contributed by atoms with Gasteiger partial charge in [-0.3, -0.25) is 4.79 Å². The van der Waals surface area contributed by atoms with Gasteiger partial charge in [0.05, 0.1) is 7.11 Å². The summed E-state index contributed by atoms with van der Waals surface area (Å²) in [5.74, 6) is 6.09. The van der Waals surface area contributed by atoms with Crippen LogP contribution in [0.1, 0.15) is 12.5 Å². The van der Waals surface area contributed by atoms with Gasteiger partial charge in [-0.1, -0.05) is 24.1 Å². The third-order valence-corrected chi connectivity index (χ3v) is 1.83. The minimum absolute atomic E-state index is 0.106. The summed E-state index contributed by atoms with van der Waals surface area (Å²) in [6.07, 6.45) is 0.545. The van der Waals surface area contributed by atoms with E-state index in [-0.39, 0.29) is 5.43 Å². The molecular weight excluding hydrogens is 176 g/mol. The molecule has 1 aromatic rings. The maximum atomic E-state index is 11.5. The first-order valence-electron chi connectivity index (χ1n) is 4.35. The molecule has 0 aliphatic heterocycles. The van der Waals surface area contributed by atoms with Gasteiger partial charge in [0, 0.05) is 12.0 Å². The molecule has 0 aliphatic rings. The van der Waals surface area contributed by atoms with E-state index in [1.165, 1.54) is 13.2 Å². The van der Waals surface area contributed by atoms with Crippen molar-refractivity contribution in [2.45, 2.75) is 13.3 Å². The second kappa shape index (κ2) is 5.08. The van der Waals surface area contributed by atoms with Crippen LogP contribution < -0.4 is 10.2 Å². The van der Waals surface area contributed by atoms with E-state index in [4.69, 9.17) is 4.74 Å². The zero-order chi connectivity index (χ0) is 10.4. The third-order valence-electron chi connectivity index (χ3n) is 1.83. The summed E-state index contributed by atoms with van der Waals surface area (Å²) in [5, 5.41) is 0. The minimum atomic E-state index is -0.106. The van der Waals surface area contributed by atoms with Crippen molar-refractivity contribution in [2.75, 3.05) is 7.11 Å².